The molecule has 3 aromatic rings. The molecule has 1 aliphatic rings. The van der Waals surface area contributed by atoms with E-state index in [4.69, 9.17) is 14.0 Å². The lowest BCUT2D eigenvalue weighted by molar-refractivity contribution is -0.129. The number of hydrogen-bond acceptors (Lipinski definition) is 7. The van der Waals surface area contributed by atoms with Crippen molar-refractivity contribution in [2.24, 2.45) is 0 Å². The van der Waals surface area contributed by atoms with Crippen molar-refractivity contribution in [2.75, 3.05) is 20.8 Å². The van der Waals surface area contributed by atoms with Gasteiger partial charge in [0, 0.05) is 19.2 Å². The van der Waals surface area contributed by atoms with Gasteiger partial charge in [-0.15, -0.1) is 0 Å². The Morgan fingerprint density at radius 1 is 1.17 bits per heavy atom. The molecule has 0 radical (unpaired) electrons. The number of likely N-dealkylation sites (tertiary alicyclic amines) is 1. The lowest BCUT2D eigenvalue weighted by Crippen LogP contribution is -2.28. The minimum atomic E-state index is -0.143. The largest absolute Gasteiger partial charge is 0.493 e. The molecule has 0 aliphatic carbocycles. The standard InChI is InChI=1S/C21H22N4O4/c1-13(14-7-8-17(27-2)18(10-14)28-3)25-12-15(11-19(25)26)21-23-20(24-29-21)16-6-4-5-9-22-16/h4-10,13,15H,11-12H2,1-3H3. The van der Waals surface area contributed by atoms with E-state index in [2.05, 4.69) is 15.1 Å². The second-order valence-electron chi connectivity index (χ2n) is 6.91. The molecule has 2 unspecified atom stereocenters. The highest BCUT2D eigenvalue weighted by molar-refractivity contribution is 5.80. The second kappa shape index (κ2) is 7.90. The third-order valence-electron chi connectivity index (χ3n) is 5.20. The molecular weight excluding hydrogens is 372 g/mol. The van der Waals surface area contributed by atoms with Crippen molar-refractivity contribution in [3.63, 3.8) is 0 Å². The molecule has 0 bridgehead atoms. The molecule has 0 spiro atoms. The highest BCUT2D eigenvalue weighted by atomic mass is 16.5. The predicted octanol–water partition coefficient (Wildman–Crippen LogP) is 3.23. The van der Waals surface area contributed by atoms with Crippen LogP contribution >= 0.6 is 0 Å². The van der Waals surface area contributed by atoms with E-state index in [1.54, 1.807) is 20.4 Å². The summed E-state index contributed by atoms with van der Waals surface area (Å²) >= 11 is 0. The Morgan fingerprint density at radius 3 is 2.72 bits per heavy atom. The van der Waals surface area contributed by atoms with E-state index in [1.807, 2.05) is 48.2 Å². The summed E-state index contributed by atoms with van der Waals surface area (Å²) in [6, 6.07) is 11.1. The van der Waals surface area contributed by atoms with Gasteiger partial charge >= 0.3 is 0 Å². The summed E-state index contributed by atoms with van der Waals surface area (Å²) in [5, 5.41) is 4.02. The molecule has 1 fully saturated rings. The molecule has 8 nitrogen and oxygen atoms in total. The fourth-order valence-corrected chi connectivity index (χ4v) is 3.56. The van der Waals surface area contributed by atoms with Crippen LogP contribution in [0.3, 0.4) is 0 Å². The van der Waals surface area contributed by atoms with Gasteiger partial charge in [-0.1, -0.05) is 17.3 Å². The van der Waals surface area contributed by atoms with Crippen LogP contribution in [0.25, 0.3) is 11.5 Å². The van der Waals surface area contributed by atoms with Crippen LogP contribution in [0, 0.1) is 0 Å². The van der Waals surface area contributed by atoms with Crippen LogP contribution in [0.4, 0.5) is 0 Å². The number of ether oxygens (including phenoxy) is 2. The molecule has 1 aliphatic heterocycles. The van der Waals surface area contributed by atoms with Gasteiger partial charge in [0.05, 0.1) is 26.2 Å². The van der Waals surface area contributed by atoms with Gasteiger partial charge in [0.25, 0.3) is 0 Å². The van der Waals surface area contributed by atoms with Crippen molar-refractivity contribution in [3.05, 3.63) is 54.0 Å². The van der Waals surface area contributed by atoms with E-state index >= 15 is 0 Å². The summed E-state index contributed by atoms with van der Waals surface area (Å²) in [6.07, 6.45) is 2.01. The molecule has 8 heteroatoms. The monoisotopic (exact) mass is 394 g/mol. The Morgan fingerprint density at radius 2 is 2.00 bits per heavy atom. The van der Waals surface area contributed by atoms with E-state index in [9.17, 15) is 4.79 Å². The highest BCUT2D eigenvalue weighted by Crippen LogP contribution is 2.36. The van der Waals surface area contributed by atoms with Gasteiger partial charge in [-0.05, 0) is 36.8 Å². The summed E-state index contributed by atoms with van der Waals surface area (Å²) in [6.45, 7) is 2.51. The van der Waals surface area contributed by atoms with Gasteiger partial charge in [0.2, 0.25) is 17.6 Å². The third kappa shape index (κ3) is 3.65. The van der Waals surface area contributed by atoms with Crippen LogP contribution in [0.1, 0.15) is 36.8 Å². The molecule has 29 heavy (non-hydrogen) atoms. The number of hydrogen-bond donors (Lipinski definition) is 0. The van der Waals surface area contributed by atoms with Gasteiger partial charge in [0.1, 0.15) is 5.69 Å². The van der Waals surface area contributed by atoms with Crippen molar-refractivity contribution in [3.8, 4) is 23.0 Å². The minimum absolute atomic E-state index is 0.0508. The van der Waals surface area contributed by atoms with Crippen molar-refractivity contribution >= 4 is 5.91 Å². The molecule has 1 saturated heterocycles. The number of carbonyl (C=O) groups is 1. The average Bonchev–Trinajstić information content (AvgIpc) is 3.40. The molecule has 2 aromatic heterocycles. The van der Waals surface area contributed by atoms with Crippen molar-refractivity contribution in [1.82, 2.24) is 20.0 Å². The summed E-state index contributed by atoms with van der Waals surface area (Å²) in [7, 11) is 3.19. The van der Waals surface area contributed by atoms with Crippen LogP contribution in [-0.2, 0) is 4.79 Å². The lowest BCUT2D eigenvalue weighted by Gasteiger charge is -2.25. The average molecular weight is 394 g/mol. The number of rotatable bonds is 6. The van der Waals surface area contributed by atoms with Gasteiger partial charge in [-0.3, -0.25) is 9.78 Å². The first-order valence-electron chi connectivity index (χ1n) is 9.37. The first kappa shape index (κ1) is 18.9. The molecule has 3 heterocycles. The Labute approximate surface area is 168 Å². The predicted molar refractivity (Wildman–Crippen MR) is 105 cm³/mol. The Hall–Kier alpha value is -3.42. The molecule has 0 N–H and O–H groups in total. The Balaban J connectivity index is 1.52. The van der Waals surface area contributed by atoms with E-state index in [1.165, 1.54) is 0 Å². The van der Waals surface area contributed by atoms with Gasteiger partial charge in [-0.2, -0.15) is 4.98 Å². The molecule has 1 aromatic carbocycles. The number of nitrogens with zero attached hydrogens (tertiary/aromatic N) is 4. The van der Waals surface area contributed by atoms with Crippen molar-refractivity contribution in [2.45, 2.75) is 25.3 Å². The minimum Gasteiger partial charge on any atom is -0.493 e. The lowest BCUT2D eigenvalue weighted by atomic mass is 10.1. The summed E-state index contributed by atoms with van der Waals surface area (Å²) < 4.78 is 16.1. The first-order valence-corrected chi connectivity index (χ1v) is 9.37. The van der Waals surface area contributed by atoms with Crippen LogP contribution in [-0.4, -0.2) is 46.7 Å². The summed E-state index contributed by atoms with van der Waals surface area (Å²) in [5.74, 6) is 2.09. The Bertz CT molecular complexity index is 1000. The zero-order chi connectivity index (χ0) is 20.4. The summed E-state index contributed by atoms with van der Waals surface area (Å²) in [4.78, 5) is 23.2. The quantitative estimate of drug-likeness (QED) is 0.634. The molecule has 2 atom stereocenters. The maximum atomic E-state index is 12.7. The number of benzene rings is 1. The smallest absolute Gasteiger partial charge is 0.232 e. The normalized spacial score (nSPS) is 17.4. The van der Waals surface area contributed by atoms with Gasteiger partial charge in [0.15, 0.2) is 11.5 Å². The topological polar surface area (TPSA) is 90.6 Å². The van der Waals surface area contributed by atoms with Crippen LogP contribution < -0.4 is 9.47 Å². The number of aromatic nitrogens is 3. The molecule has 1 amide bonds. The van der Waals surface area contributed by atoms with Crippen molar-refractivity contribution in [1.29, 1.82) is 0 Å². The van der Waals surface area contributed by atoms with E-state index in [0.29, 0.717) is 41.9 Å². The first-order chi connectivity index (χ1) is 14.1. The van der Waals surface area contributed by atoms with Crippen LogP contribution in [0.5, 0.6) is 11.5 Å². The summed E-state index contributed by atoms with van der Waals surface area (Å²) in [5.41, 5.74) is 1.61. The van der Waals surface area contributed by atoms with Gasteiger partial charge in [-0.25, -0.2) is 0 Å². The van der Waals surface area contributed by atoms with Crippen LogP contribution in [0.2, 0.25) is 0 Å². The fraction of sp³-hybridized carbons (Fsp3) is 0.333. The van der Waals surface area contributed by atoms with E-state index < -0.39 is 0 Å². The number of amides is 1. The Kier molecular flexibility index (Phi) is 5.16. The molecular formula is C21H22N4O4. The molecule has 0 saturated carbocycles. The fourth-order valence-electron chi connectivity index (χ4n) is 3.56. The second-order valence-corrected chi connectivity index (χ2v) is 6.91. The zero-order valence-corrected chi connectivity index (χ0v) is 16.5. The highest BCUT2D eigenvalue weighted by Gasteiger charge is 2.37. The number of methoxy groups -OCH3 is 2. The molecule has 150 valence electrons. The van der Waals surface area contributed by atoms with E-state index in [-0.39, 0.29) is 17.9 Å². The number of carbonyl (C=O) groups excluding carboxylic acids is 1. The van der Waals surface area contributed by atoms with Gasteiger partial charge < -0.3 is 18.9 Å². The van der Waals surface area contributed by atoms with E-state index in [0.717, 1.165) is 5.56 Å². The zero-order valence-electron chi connectivity index (χ0n) is 16.5. The molecule has 4 rings (SSSR count). The maximum absolute atomic E-state index is 12.7. The van der Waals surface area contributed by atoms with Crippen molar-refractivity contribution < 1.29 is 18.8 Å². The SMILES string of the molecule is COc1ccc(C(C)N2CC(c3nc(-c4ccccn4)no3)CC2=O)cc1OC. The number of pyridine rings is 1. The maximum Gasteiger partial charge on any atom is 0.232 e. The van der Waals surface area contributed by atoms with Crippen LogP contribution in [0.15, 0.2) is 47.1 Å². The third-order valence-corrected chi connectivity index (χ3v) is 5.20.